The van der Waals surface area contributed by atoms with Gasteiger partial charge in [0, 0.05) is 16.9 Å². The molecule has 0 fully saturated rings. The highest BCUT2D eigenvalue weighted by Crippen LogP contribution is 2.57. The van der Waals surface area contributed by atoms with Gasteiger partial charge in [-0.1, -0.05) is 200 Å². The molecule has 0 saturated heterocycles. The zero-order chi connectivity index (χ0) is 37.3. The third-order valence-corrected chi connectivity index (χ3v) is 11.4. The molecule has 0 aromatic heterocycles. The number of anilines is 3. The van der Waals surface area contributed by atoms with E-state index < -0.39 is 5.41 Å². The van der Waals surface area contributed by atoms with Gasteiger partial charge in [0.1, 0.15) is 0 Å². The molecule has 0 heterocycles. The van der Waals surface area contributed by atoms with E-state index in [0.717, 1.165) is 17.1 Å². The highest BCUT2D eigenvalue weighted by molar-refractivity contribution is 5.93. The van der Waals surface area contributed by atoms with Gasteiger partial charge in [-0.05, 0) is 97.6 Å². The summed E-state index contributed by atoms with van der Waals surface area (Å²) in [6.07, 6.45) is 0. The molecule has 0 atom stereocenters. The number of fused-ring (bicyclic) bond motifs is 3. The average Bonchev–Trinajstić information content (AvgIpc) is 3.58. The molecule has 0 spiro atoms. The Labute approximate surface area is 329 Å². The molecular weight excluding hydrogens is 675 g/mol. The molecular formula is C55H39N. The first kappa shape index (κ1) is 33.4. The van der Waals surface area contributed by atoms with Crippen molar-refractivity contribution in [3.8, 4) is 44.5 Å². The average molecular weight is 714 g/mol. The maximum Gasteiger partial charge on any atom is 0.0714 e. The first-order valence-corrected chi connectivity index (χ1v) is 19.3. The zero-order valence-corrected chi connectivity index (χ0v) is 31.0. The molecule has 10 rings (SSSR count). The van der Waals surface area contributed by atoms with Crippen LogP contribution < -0.4 is 4.90 Å². The Kier molecular flexibility index (Phi) is 8.46. The molecule has 1 aliphatic carbocycles. The number of para-hydroxylation sites is 1. The summed E-state index contributed by atoms with van der Waals surface area (Å²) in [5, 5.41) is 0. The largest absolute Gasteiger partial charge is 0.310 e. The lowest BCUT2D eigenvalue weighted by Crippen LogP contribution is -2.28. The van der Waals surface area contributed by atoms with Crippen LogP contribution >= 0.6 is 0 Å². The van der Waals surface area contributed by atoms with Crippen LogP contribution in [0.15, 0.2) is 237 Å². The quantitative estimate of drug-likeness (QED) is 0.152. The third-order valence-electron chi connectivity index (χ3n) is 11.4. The molecule has 9 aromatic carbocycles. The standard InChI is InChI=1S/C55H39N/c1-5-18-40(19-6-1)42-32-34-47(35-33-42)56(54-31-16-14-28-49(54)44-23-17-22-43(38-44)41-20-7-2-8-21-41)48-36-37-51-50-29-13-15-30-52(50)55(53(51)39-48,45-24-9-3-10-25-45)46-26-11-4-12-27-46/h1-39H. The summed E-state index contributed by atoms with van der Waals surface area (Å²) in [5.41, 5.74) is 17.6. The van der Waals surface area contributed by atoms with Crippen molar-refractivity contribution in [2.24, 2.45) is 0 Å². The van der Waals surface area contributed by atoms with Crippen LogP contribution in [0.2, 0.25) is 0 Å². The van der Waals surface area contributed by atoms with E-state index in [-0.39, 0.29) is 0 Å². The minimum atomic E-state index is -0.503. The van der Waals surface area contributed by atoms with E-state index in [0.29, 0.717) is 0 Å². The molecule has 56 heavy (non-hydrogen) atoms. The van der Waals surface area contributed by atoms with Crippen molar-refractivity contribution in [3.63, 3.8) is 0 Å². The number of hydrogen-bond donors (Lipinski definition) is 0. The van der Waals surface area contributed by atoms with Gasteiger partial charge in [-0.25, -0.2) is 0 Å². The van der Waals surface area contributed by atoms with Gasteiger partial charge in [0.2, 0.25) is 0 Å². The second-order valence-corrected chi connectivity index (χ2v) is 14.5. The van der Waals surface area contributed by atoms with E-state index in [9.17, 15) is 0 Å². The van der Waals surface area contributed by atoms with Crippen molar-refractivity contribution in [2.75, 3.05) is 4.90 Å². The Bertz CT molecular complexity index is 2730. The van der Waals surface area contributed by atoms with Gasteiger partial charge in [0.15, 0.2) is 0 Å². The van der Waals surface area contributed by atoms with E-state index in [1.165, 1.54) is 66.8 Å². The first-order valence-electron chi connectivity index (χ1n) is 19.3. The highest BCUT2D eigenvalue weighted by Gasteiger charge is 2.46. The van der Waals surface area contributed by atoms with Crippen LogP contribution in [0, 0.1) is 0 Å². The number of rotatable bonds is 8. The van der Waals surface area contributed by atoms with Gasteiger partial charge in [-0.2, -0.15) is 0 Å². The van der Waals surface area contributed by atoms with Crippen molar-refractivity contribution < 1.29 is 0 Å². The maximum atomic E-state index is 2.46. The fraction of sp³-hybridized carbons (Fsp3) is 0.0182. The number of nitrogens with zero attached hydrogens (tertiary/aromatic N) is 1. The molecule has 1 nitrogen and oxygen atoms in total. The van der Waals surface area contributed by atoms with E-state index in [1.807, 2.05) is 0 Å². The van der Waals surface area contributed by atoms with Crippen molar-refractivity contribution >= 4 is 17.1 Å². The Morgan fingerprint density at radius 1 is 0.268 bits per heavy atom. The molecule has 9 aromatic rings. The molecule has 0 saturated carbocycles. The summed E-state index contributed by atoms with van der Waals surface area (Å²) in [7, 11) is 0. The lowest BCUT2D eigenvalue weighted by Gasteiger charge is -2.35. The summed E-state index contributed by atoms with van der Waals surface area (Å²) in [4.78, 5) is 2.45. The normalized spacial score (nSPS) is 12.4. The fourth-order valence-electron chi connectivity index (χ4n) is 8.84. The molecule has 0 N–H and O–H groups in total. The van der Waals surface area contributed by atoms with Gasteiger partial charge >= 0.3 is 0 Å². The van der Waals surface area contributed by atoms with Crippen LogP contribution in [0.1, 0.15) is 22.3 Å². The molecule has 0 aliphatic heterocycles. The molecule has 0 radical (unpaired) electrons. The van der Waals surface area contributed by atoms with Crippen molar-refractivity contribution in [3.05, 3.63) is 259 Å². The molecule has 1 aliphatic rings. The molecule has 264 valence electrons. The highest BCUT2D eigenvalue weighted by atomic mass is 15.1. The van der Waals surface area contributed by atoms with E-state index in [2.05, 4.69) is 241 Å². The summed E-state index contributed by atoms with van der Waals surface area (Å²) < 4.78 is 0. The second kappa shape index (κ2) is 14.2. The summed E-state index contributed by atoms with van der Waals surface area (Å²) in [6, 6.07) is 86.2. The lowest BCUT2D eigenvalue weighted by atomic mass is 9.67. The van der Waals surface area contributed by atoms with Crippen molar-refractivity contribution in [1.29, 1.82) is 0 Å². The van der Waals surface area contributed by atoms with E-state index in [1.54, 1.807) is 0 Å². The predicted octanol–water partition coefficient (Wildman–Crippen LogP) is 14.5. The van der Waals surface area contributed by atoms with Crippen molar-refractivity contribution in [2.45, 2.75) is 5.41 Å². The van der Waals surface area contributed by atoms with Crippen LogP contribution in [0.3, 0.4) is 0 Å². The minimum Gasteiger partial charge on any atom is -0.310 e. The Morgan fingerprint density at radius 3 is 1.39 bits per heavy atom. The Balaban J connectivity index is 1.21. The molecule has 0 amide bonds. The number of hydrogen-bond acceptors (Lipinski definition) is 1. The van der Waals surface area contributed by atoms with Crippen LogP contribution in [-0.4, -0.2) is 0 Å². The van der Waals surface area contributed by atoms with E-state index in [4.69, 9.17) is 0 Å². The molecule has 1 heteroatoms. The Hall–Kier alpha value is -7.22. The first-order chi connectivity index (χ1) is 27.8. The van der Waals surface area contributed by atoms with Crippen LogP contribution in [0.25, 0.3) is 44.5 Å². The lowest BCUT2D eigenvalue weighted by molar-refractivity contribution is 0.768. The maximum absolute atomic E-state index is 2.46. The smallest absolute Gasteiger partial charge is 0.0714 e. The Morgan fingerprint density at radius 2 is 0.732 bits per heavy atom. The van der Waals surface area contributed by atoms with E-state index >= 15 is 0 Å². The minimum absolute atomic E-state index is 0.503. The topological polar surface area (TPSA) is 3.24 Å². The number of benzene rings is 9. The second-order valence-electron chi connectivity index (χ2n) is 14.5. The van der Waals surface area contributed by atoms with Gasteiger partial charge in [0.25, 0.3) is 0 Å². The third kappa shape index (κ3) is 5.65. The summed E-state index contributed by atoms with van der Waals surface area (Å²) >= 11 is 0. The zero-order valence-electron chi connectivity index (χ0n) is 31.0. The van der Waals surface area contributed by atoms with Gasteiger partial charge in [-0.15, -0.1) is 0 Å². The van der Waals surface area contributed by atoms with Crippen LogP contribution in [-0.2, 0) is 5.41 Å². The molecule has 0 bridgehead atoms. The van der Waals surface area contributed by atoms with Crippen molar-refractivity contribution in [1.82, 2.24) is 0 Å². The van der Waals surface area contributed by atoms with Crippen LogP contribution in [0.4, 0.5) is 17.1 Å². The van der Waals surface area contributed by atoms with Gasteiger partial charge in [-0.3, -0.25) is 0 Å². The fourth-order valence-corrected chi connectivity index (χ4v) is 8.84. The monoisotopic (exact) mass is 713 g/mol. The molecule has 0 unspecified atom stereocenters. The summed E-state index contributed by atoms with van der Waals surface area (Å²) in [5.74, 6) is 0. The summed E-state index contributed by atoms with van der Waals surface area (Å²) in [6.45, 7) is 0. The predicted molar refractivity (Wildman–Crippen MR) is 235 cm³/mol. The van der Waals surface area contributed by atoms with Gasteiger partial charge in [0.05, 0.1) is 11.1 Å². The SMILES string of the molecule is c1ccc(-c2ccc(N(c3ccc4c(c3)C(c3ccccc3)(c3ccccc3)c3ccccc3-4)c3ccccc3-c3cccc(-c4ccccc4)c3)cc2)cc1. The van der Waals surface area contributed by atoms with Crippen LogP contribution in [0.5, 0.6) is 0 Å². The van der Waals surface area contributed by atoms with Gasteiger partial charge < -0.3 is 4.90 Å².